The largest absolute Gasteiger partial charge is 0.494 e. The van der Waals surface area contributed by atoms with Gasteiger partial charge in [-0.3, -0.25) is 4.79 Å². The molecule has 1 aliphatic rings. The monoisotopic (exact) mass is 447 g/mol. The maximum atomic E-state index is 12.9. The third kappa shape index (κ3) is 5.13. The van der Waals surface area contributed by atoms with Crippen molar-refractivity contribution < 1.29 is 9.53 Å². The molecule has 0 radical (unpaired) electrons. The second kappa shape index (κ2) is 9.90. The van der Waals surface area contributed by atoms with E-state index in [-0.39, 0.29) is 5.91 Å². The van der Waals surface area contributed by atoms with E-state index in [1.165, 1.54) is 0 Å². The lowest BCUT2D eigenvalue weighted by Gasteiger charge is -2.15. The summed E-state index contributed by atoms with van der Waals surface area (Å²) >= 11 is 6.12. The van der Waals surface area contributed by atoms with E-state index >= 15 is 0 Å². The second-order valence-corrected chi connectivity index (χ2v) is 8.35. The van der Waals surface area contributed by atoms with Crippen LogP contribution >= 0.6 is 11.6 Å². The lowest BCUT2D eigenvalue weighted by Crippen LogP contribution is -2.15. The highest BCUT2D eigenvalue weighted by Gasteiger charge is 2.28. The van der Waals surface area contributed by atoms with Crippen LogP contribution in [0.25, 0.3) is 11.3 Å². The van der Waals surface area contributed by atoms with E-state index in [1.54, 1.807) is 12.1 Å². The Balaban J connectivity index is 1.61. The molecular weight excluding hydrogens is 422 g/mol. The van der Waals surface area contributed by atoms with Gasteiger partial charge in [-0.2, -0.15) is 0 Å². The number of nitrogens with one attached hydrogen (secondary N) is 2. The highest BCUT2D eigenvalue weighted by Crippen LogP contribution is 2.38. The molecule has 0 bridgehead atoms. The quantitative estimate of drug-likeness (QED) is 0.348. The minimum absolute atomic E-state index is 0.158. The molecule has 0 fully saturated rings. The van der Waals surface area contributed by atoms with E-state index in [0.717, 1.165) is 41.2 Å². The van der Waals surface area contributed by atoms with Crippen LogP contribution in [0.15, 0.2) is 72.8 Å². The van der Waals surface area contributed by atoms with Gasteiger partial charge < -0.3 is 20.3 Å². The Morgan fingerprint density at radius 3 is 2.50 bits per heavy atom. The van der Waals surface area contributed by atoms with Gasteiger partial charge >= 0.3 is 0 Å². The molecule has 2 N–H and O–H groups in total. The summed E-state index contributed by atoms with van der Waals surface area (Å²) in [5, 5.41) is 6.97. The summed E-state index contributed by atoms with van der Waals surface area (Å²) in [4.78, 5) is 15.1. The van der Waals surface area contributed by atoms with Crippen LogP contribution in [0.3, 0.4) is 0 Å². The second-order valence-electron chi connectivity index (χ2n) is 7.91. The Kier molecular flexibility index (Phi) is 6.78. The fourth-order valence-electron chi connectivity index (χ4n) is 3.63. The summed E-state index contributed by atoms with van der Waals surface area (Å²) < 4.78 is 5.83. The maximum absolute atomic E-state index is 12.9. The highest BCUT2D eigenvalue weighted by molar-refractivity contribution is 6.38. The molecule has 3 aromatic carbocycles. The molecule has 3 aromatic rings. The fraction of sp³-hybridized carbons (Fsp3) is 0.192. The Hall–Kier alpha value is -3.28. The summed E-state index contributed by atoms with van der Waals surface area (Å²) in [6.07, 6.45) is 0.968. The van der Waals surface area contributed by atoms with Crippen molar-refractivity contribution in [2.45, 2.75) is 6.42 Å². The molecule has 0 aliphatic carbocycles. The molecule has 164 valence electrons. The van der Waals surface area contributed by atoms with Gasteiger partial charge in [0.2, 0.25) is 0 Å². The number of amides is 1. The van der Waals surface area contributed by atoms with Crippen molar-refractivity contribution in [1.82, 2.24) is 4.90 Å². The molecule has 1 amide bonds. The van der Waals surface area contributed by atoms with Gasteiger partial charge in [0.05, 0.1) is 23.6 Å². The minimum Gasteiger partial charge on any atom is -0.494 e. The predicted molar refractivity (Wildman–Crippen MR) is 132 cm³/mol. The van der Waals surface area contributed by atoms with Gasteiger partial charge in [0.15, 0.2) is 0 Å². The number of benzene rings is 3. The van der Waals surface area contributed by atoms with E-state index < -0.39 is 0 Å². The average molecular weight is 448 g/mol. The van der Waals surface area contributed by atoms with Crippen molar-refractivity contribution in [3.63, 3.8) is 0 Å². The smallest absolute Gasteiger partial charge is 0.258 e. The molecule has 0 unspecified atom stereocenters. The molecule has 6 heteroatoms. The Bertz CT molecular complexity index is 1130. The summed E-state index contributed by atoms with van der Waals surface area (Å²) in [6, 6.07) is 23.1. The summed E-state index contributed by atoms with van der Waals surface area (Å²) in [5.41, 5.74) is 4.66. The molecule has 0 atom stereocenters. The highest BCUT2D eigenvalue weighted by atomic mass is 35.5. The van der Waals surface area contributed by atoms with Crippen molar-refractivity contribution in [3.05, 3.63) is 88.9 Å². The van der Waals surface area contributed by atoms with Gasteiger partial charge in [0.1, 0.15) is 5.75 Å². The Morgan fingerprint density at radius 1 is 1.03 bits per heavy atom. The van der Waals surface area contributed by atoms with Crippen LogP contribution in [0.2, 0.25) is 5.02 Å². The maximum Gasteiger partial charge on any atom is 0.258 e. The summed E-state index contributed by atoms with van der Waals surface area (Å²) in [6.45, 7) is 1.66. The topological polar surface area (TPSA) is 53.6 Å². The van der Waals surface area contributed by atoms with E-state index in [9.17, 15) is 4.79 Å². The van der Waals surface area contributed by atoms with E-state index in [4.69, 9.17) is 16.3 Å². The first kappa shape index (κ1) is 21.9. The number of hydrogen-bond acceptors (Lipinski definition) is 4. The van der Waals surface area contributed by atoms with Crippen molar-refractivity contribution in [2.75, 3.05) is 37.9 Å². The molecule has 1 heterocycles. The lowest BCUT2D eigenvalue weighted by molar-refractivity contribution is -0.110. The van der Waals surface area contributed by atoms with Crippen molar-refractivity contribution >= 4 is 40.2 Å². The molecule has 32 heavy (non-hydrogen) atoms. The number of ether oxygens (including phenoxy) is 1. The van der Waals surface area contributed by atoms with Crippen LogP contribution in [0, 0.1) is 0 Å². The molecule has 0 aromatic heterocycles. The Labute approximate surface area is 193 Å². The Morgan fingerprint density at radius 2 is 1.78 bits per heavy atom. The number of rotatable bonds is 8. The first-order valence-electron chi connectivity index (χ1n) is 10.6. The van der Waals surface area contributed by atoms with Gasteiger partial charge in [-0.05, 0) is 62.5 Å². The molecule has 4 rings (SSSR count). The van der Waals surface area contributed by atoms with Crippen LogP contribution < -0.4 is 15.4 Å². The van der Waals surface area contributed by atoms with Gasteiger partial charge in [-0.15, -0.1) is 0 Å². The van der Waals surface area contributed by atoms with E-state index in [2.05, 4.69) is 29.6 Å². The summed E-state index contributed by atoms with van der Waals surface area (Å²) in [5.74, 6) is 0.663. The zero-order chi connectivity index (χ0) is 22.5. The zero-order valence-corrected chi connectivity index (χ0v) is 18.9. The van der Waals surface area contributed by atoms with E-state index in [0.29, 0.717) is 22.9 Å². The standard InChI is InChI=1S/C26H26ClN3O2/c1-30(2)15-6-16-32-21-12-10-20(11-13-21)28-25(18-7-4-3-5-8-18)24-22-14-9-19(27)17-23(22)29-26(24)31/h3-5,7-14,17,28H,6,15-16H2,1-2H3,(H,29,31)/b25-24-. The number of hydrogen-bond donors (Lipinski definition) is 2. The van der Waals surface area contributed by atoms with Crippen LogP contribution in [-0.2, 0) is 4.79 Å². The number of halogens is 1. The minimum atomic E-state index is -0.158. The molecule has 0 saturated heterocycles. The molecular formula is C26H26ClN3O2. The SMILES string of the molecule is CN(C)CCCOc1ccc(N/C(=C2\C(=O)Nc3cc(Cl)ccc32)c2ccccc2)cc1. The van der Waals surface area contributed by atoms with E-state index in [1.807, 2.05) is 60.7 Å². The first-order valence-corrected chi connectivity index (χ1v) is 10.9. The normalized spacial score (nSPS) is 14.2. The van der Waals surface area contributed by atoms with Crippen molar-refractivity contribution in [1.29, 1.82) is 0 Å². The fourth-order valence-corrected chi connectivity index (χ4v) is 3.80. The zero-order valence-electron chi connectivity index (χ0n) is 18.2. The van der Waals surface area contributed by atoms with Crippen LogP contribution in [0.4, 0.5) is 11.4 Å². The van der Waals surface area contributed by atoms with Gasteiger partial charge in [0.25, 0.3) is 5.91 Å². The first-order chi connectivity index (χ1) is 15.5. The molecule has 0 spiro atoms. The molecule has 1 aliphatic heterocycles. The number of carbonyl (C=O) groups is 1. The van der Waals surface area contributed by atoms with Gasteiger partial charge in [0, 0.05) is 22.8 Å². The molecule has 5 nitrogen and oxygen atoms in total. The van der Waals surface area contributed by atoms with Crippen LogP contribution in [-0.4, -0.2) is 38.1 Å². The lowest BCUT2D eigenvalue weighted by atomic mass is 10.00. The average Bonchev–Trinajstić information content (AvgIpc) is 3.11. The van der Waals surface area contributed by atoms with Crippen LogP contribution in [0.5, 0.6) is 5.75 Å². The number of carbonyl (C=O) groups excluding carboxylic acids is 1. The van der Waals surface area contributed by atoms with Crippen LogP contribution in [0.1, 0.15) is 17.5 Å². The predicted octanol–water partition coefficient (Wildman–Crippen LogP) is 5.60. The number of nitrogens with zero attached hydrogens (tertiary/aromatic N) is 1. The molecule has 0 saturated carbocycles. The summed E-state index contributed by atoms with van der Waals surface area (Å²) in [7, 11) is 4.10. The van der Waals surface area contributed by atoms with Gasteiger partial charge in [-0.1, -0.05) is 48.0 Å². The third-order valence-electron chi connectivity index (χ3n) is 5.18. The number of fused-ring (bicyclic) bond motifs is 1. The third-order valence-corrected chi connectivity index (χ3v) is 5.42. The van der Waals surface area contributed by atoms with Crippen molar-refractivity contribution in [3.8, 4) is 5.75 Å². The number of anilines is 2. The van der Waals surface area contributed by atoms with Crippen molar-refractivity contribution in [2.24, 2.45) is 0 Å². The van der Waals surface area contributed by atoms with Gasteiger partial charge in [-0.25, -0.2) is 0 Å².